The predicted octanol–water partition coefficient (Wildman–Crippen LogP) is 41.2. The zero-order chi connectivity index (χ0) is 99.4. The van der Waals surface area contributed by atoms with E-state index >= 15 is 0 Å². The lowest BCUT2D eigenvalue weighted by Crippen LogP contribution is -2.29. The molecule has 0 saturated carbocycles. The molecule has 25 rings (SSSR count). The Balaban J connectivity index is 0.000000121. The summed E-state index contributed by atoms with van der Waals surface area (Å²) in [4.78, 5) is 0. The number of aromatic nitrogens is 2. The number of unbranched alkanes of at least 4 members (excludes halogenated alkanes) is 10. The van der Waals surface area contributed by atoms with Crippen molar-refractivity contribution in [2.24, 2.45) is 0 Å². The first-order valence-corrected chi connectivity index (χ1v) is 55.5. The number of nitrogens with zero attached hydrogens (tertiary/aromatic N) is 2. The van der Waals surface area contributed by atoms with E-state index in [-0.39, 0.29) is 16.2 Å². The fourth-order valence-corrected chi connectivity index (χ4v) is 26.0. The maximum atomic E-state index is 3.86. The molecule has 4 nitrogen and oxygen atoms in total. The van der Waals surface area contributed by atoms with E-state index in [1.54, 1.807) is 11.1 Å². The largest absolute Gasteiger partial charge is 0.356 e. The molecule has 0 unspecified atom stereocenters. The zero-order valence-electron chi connectivity index (χ0n) is 83.7. The molecule has 0 spiro atoms. The predicted molar refractivity (Wildman–Crippen MR) is 635 cm³/mol. The summed E-state index contributed by atoms with van der Waals surface area (Å²) in [7, 11) is 0. The van der Waals surface area contributed by atoms with Crippen molar-refractivity contribution in [2.45, 2.75) is 153 Å². The van der Waals surface area contributed by atoms with E-state index in [1.165, 1.54) is 267 Å². The maximum absolute atomic E-state index is 3.86. The van der Waals surface area contributed by atoms with Crippen molar-refractivity contribution in [2.75, 3.05) is 10.6 Å². The van der Waals surface area contributed by atoms with Gasteiger partial charge in [0, 0.05) is 89.8 Å². The van der Waals surface area contributed by atoms with Gasteiger partial charge in [-0.05, 0) is 339 Å². The third-order valence-corrected chi connectivity index (χ3v) is 34.0. The standard InChI is InChI=1S/C48H30Br2N2.C48H52Br2.C42H36N2/c49-37-19-11-31(12-20-37)33-15-23-45-41(27-33)43-29-35(17-25-47(43)51(45)39-7-3-1-4-8-39)36-18-26-48-44(30-36)42-28-34(32-13-21-38(50)22-14-32)16-24-46(42)52(48)40-9-5-2-6-10-40;1-3-5-7-9-11-17-29-47(30-18-12-10-8-6-4-2)43-27-15-13-25-39(43)41-34-46-42(33-45(41)47)40-26-14-16-28-44(40)48(46,35-21-19-23-37(49)31-35)36-22-20-24-38(50)32-36;1-41(2)37-11-7-5-9-33(37)35-23-21-31(25-39(35)41)43-29-17-13-27(14-18-29)28-15-19-30(20-16-28)44-32-22-24-36-34-10-6-8-12-38(34)42(3,4)40(36)26-32/h1-30H;13-16,19-28,31-34H,3-12,17-18,29-30H2,1-2H3;5-26,43-44H,1-4H3. The molecule has 0 fully saturated rings. The van der Waals surface area contributed by atoms with Gasteiger partial charge in [-0.15, -0.1) is 0 Å². The summed E-state index contributed by atoms with van der Waals surface area (Å²) < 4.78 is 9.16. The van der Waals surface area contributed by atoms with Crippen LogP contribution in [0.4, 0.5) is 22.7 Å². The lowest BCUT2D eigenvalue weighted by Gasteiger charge is -2.35. The molecule has 0 bridgehead atoms. The van der Waals surface area contributed by atoms with Crippen LogP contribution in [0.2, 0.25) is 0 Å². The number of benzene rings is 19. The van der Waals surface area contributed by atoms with E-state index in [9.17, 15) is 0 Å². The van der Waals surface area contributed by atoms with Gasteiger partial charge in [0.15, 0.2) is 0 Å². The Morgan fingerprint density at radius 2 is 0.521 bits per heavy atom. The number of anilines is 4. The van der Waals surface area contributed by atoms with Gasteiger partial charge in [0.05, 0.1) is 27.5 Å². The number of halogens is 4. The number of hydrogen-bond donors (Lipinski definition) is 2. The average Bonchev–Trinajstić information content (AvgIpc) is 1.51. The summed E-state index contributed by atoms with van der Waals surface area (Å²) in [6, 6.07) is 157. The monoisotopic (exact) mass is 2150 g/mol. The Hall–Kier alpha value is -13.7. The Bertz CT molecular complexity index is 8060. The molecule has 0 aliphatic heterocycles. The van der Waals surface area contributed by atoms with Crippen LogP contribution in [0.5, 0.6) is 0 Å². The highest BCUT2D eigenvalue weighted by Gasteiger charge is 2.51. The lowest BCUT2D eigenvalue weighted by molar-refractivity contribution is 0.398. The Morgan fingerprint density at radius 1 is 0.212 bits per heavy atom. The van der Waals surface area contributed by atoms with Crippen molar-refractivity contribution >= 4 is 130 Å². The molecule has 19 aromatic carbocycles. The molecule has 0 amide bonds. The molecule has 2 aromatic heterocycles. The molecule has 21 aromatic rings. The van der Waals surface area contributed by atoms with Crippen LogP contribution < -0.4 is 10.6 Å². The minimum Gasteiger partial charge on any atom is -0.356 e. The number of hydrogen-bond acceptors (Lipinski definition) is 2. The maximum Gasteiger partial charge on any atom is 0.0714 e. The molecule has 2 heterocycles. The van der Waals surface area contributed by atoms with Crippen LogP contribution >= 0.6 is 63.7 Å². The molecule has 4 aliphatic carbocycles. The van der Waals surface area contributed by atoms with Crippen molar-refractivity contribution in [1.82, 2.24) is 9.13 Å². The van der Waals surface area contributed by atoms with Gasteiger partial charge in [-0.25, -0.2) is 0 Å². The van der Waals surface area contributed by atoms with Gasteiger partial charge in [0.25, 0.3) is 0 Å². The van der Waals surface area contributed by atoms with Gasteiger partial charge in [-0.3, -0.25) is 0 Å². The molecule has 0 atom stereocenters. The first-order chi connectivity index (χ1) is 71.4. The summed E-state index contributed by atoms with van der Waals surface area (Å²) in [6.07, 6.45) is 18.5. The molecule has 718 valence electrons. The molecular formula is C138H118Br4N4. The first kappa shape index (κ1) is 95.8. The smallest absolute Gasteiger partial charge is 0.0714 e. The molecule has 4 aliphatic rings. The normalized spacial score (nSPS) is 13.6. The second-order valence-electron chi connectivity index (χ2n) is 41.5. The summed E-state index contributed by atoms with van der Waals surface area (Å²) in [5.41, 5.74) is 45.9. The van der Waals surface area contributed by atoms with Crippen molar-refractivity contribution in [3.05, 3.63) is 498 Å². The summed E-state index contributed by atoms with van der Waals surface area (Å²) in [6.45, 7) is 13.9. The molecule has 2 N–H and O–H groups in total. The van der Waals surface area contributed by atoms with Crippen LogP contribution in [0.25, 0.3) is 144 Å². The highest BCUT2D eigenvalue weighted by molar-refractivity contribution is 9.11. The second-order valence-corrected chi connectivity index (χ2v) is 45.1. The summed E-state index contributed by atoms with van der Waals surface area (Å²) in [5, 5.41) is 12.2. The van der Waals surface area contributed by atoms with E-state index in [2.05, 4.69) is 550 Å². The van der Waals surface area contributed by atoms with Gasteiger partial charge in [-0.1, -0.05) is 425 Å². The van der Waals surface area contributed by atoms with Gasteiger partial charge in [0.2, 0.25) is 0 Å². The van der Waals surface area contributed by atoms with Gasteiger partial charge in [0.1, 0.15) is 0 Å². The van der Waals surface area contributed by atoms with Crippen LogP contribution in [0.1, 0.15) is 187 Å². The van der Waals surface area contributed by atoms with Crippen molar-refractivity contribution in [1.29, 1.82) is 0 Å². The Kier molecular flexibility index (Phi) is 26.6. The number of para-hydroxylation sites is 2. The molecule has 8 heteroatoms. The van der Waals surface area contributed by atoms with Crippen LogP contribution in [-0.4, -0.2) is 9.13 Å². The highest BCUT2D eigenvalue weighted by atomic mass is 79.9. The van der Waals surface area contributed by atoms with Gasteiger partial charge < -0.3 is 19.8 Å². The molecule has 0 radical (unpaired) electrons. The fraction of sp³-hybridized carbons (Fsp3) is 0.174. The van der Waals surface area contributed by atoms with Crippen molar-refractivity contribution in [3.8, 4) is 100 Å². The number of fused-ring (bicyclic) bond motifs is 18. The highest BCUT2D eigenvalue weighted by Crippen LogP contribution is 2.63. The molecular weight excluding hydrogens is 2030 g/mol. The summed E-state index contributed by atoms with van der Waals surface area (Å²) >= 11 is 14.9. The third kappa shape index (κ3) is 17.8. The minimum absolute atomic E-state index is 0.00250. The van der Waals surface area contributed by atoms with Crippen LogP contribution in [0, 0.1) is 0 Å². The fourth-order valence-electron chi connectivity index (χ4n) is 24.7. The summed E-state index contributed by atoms with van der Waals surface area (Å²) in [5.74, 6) is 0. The lowest BCUT2D eigenvalue weighted by atomic mass is 9.66. The van der Waals surface area contributed by atoms with E-state index in [4.69, 9.17) is 0 Å². The van der Waals surface area contributed by atoms with Crippen LogP contribution in [0.15, 0.2) is 443 Å². The van der Waals surface area contributed by atoms with E-state index < -0.39 is 5.41 Å². The van der Waals surface area contributed by atoms with E-state index in [0.717, 1.165) is 52.0 Å². The van der Waals surface area contributed by atoms with E-state index in [0.29, 0.717) is 0 Å². The zero-order valence-corrected chi connectivity index (χ0v) is 90.1. The topological polar surface area (TPSA) is 33.9 Å². The van der Waals surface area contributed by atoms with Crippen LogP contribution in [-0.2, 0) is 21.7 Å². The Labute approximate surface area is 893 Å². The molecule has 0 saturated heterocycles. The van der Waals surface area contributed by atoms with Crippen molar-refractivity contribution in [3.63, 3.8) is 0 Å². The van der Waals surface area contributed by atoms with Crippen molar-refractivity contribution < 1.29 is 0 Å². The van der Waals surface area contributed by atoms with Crippen LogP contribution in [0.3, 0.4) is 0 Å². The average molecular weight is 2150 g/mol. The number of rotatable bonds is 26. The SMILES string of the molecule is Brc1ccc(-c2ccc3c(c2)c2cc(-c4ccc5c(c4)c4cc(-c6ccc(Br)cc6)ccc4n5-c4ccccc4)ccc2n3-c2ccccc2)cc1.CC1(C)c2ccccc2-c2ccc(Nc3ccc(-c4ccc(Nc5ccc6c(c5)C(C)(C)c5ccccc5-6)cc4)cc3)cc21.CCCCCCCCC1(CCCCCCCC)c2ccccc2-c2cc3c(cc21)-c1ccccc1C3(c1cccc(Br)c1)c1cccc(Br)c1. The van der Waals surface area contributed by atoms with E-state index in [1.807, 2.05) is 0 Å². The van der Waals surface area contributed by atoms with Gasteiger partial charge in [-0.2, -0.15) is 0 Å². The third-order valence-electron chi connectivity index (χ3n) is 32.0. The minimum atomic E-state index is -0.437. The molecule has 146 heavy (non-hydrogen) atoms. The second kappa shape index (κ2) is 40.6. The quantitative estimate of drug-likeness (QED) is 0.0530. The first-order valence-electron chi connectivity index (χ1n) is 52.4. The van der Waals surface area contributed by atoms with Gasteiger partial charge >= 0.3 is 0 Å². The number of nitrogens with one attached hydrogen (secondary N) is 2. The Morgan fingerprint density at radius 3 is 0.925 bits per heavy atom.